The summed E-state index contributed by atoms with van der Waals surface area (Å²) in [5.74, 6) is 0.578. The maximum atomic E-state index is 9.49. The summed E-state index contributed by atoms with van der Waals surface area (Å²) >= 11 is 2.30. The van der Waals surface area contributed by atoms with Crippen LogP contribution in [0, 0.1) is 11.3 Å². The summed E-state index contributed by atoms with van der Waals surface area (Å²) < 4.78 is 7.34. The Morgan fingerprint density at radius 3 is 2.76 bits per heavy atom. The molecule has 0 bridgehead atoms. The molecular weight excluding hydrogens is 329 g/mol. The van der Waals surface area contributed by atoms with Crippen LogP contribution in [0.5, 0.6) is 5.88 Å². The van der Waals surface area contributed by atoms with Crippen molar-refractivity contribution >= 4 is 22.9 Å². The first-order valence-corrected chi connectivity index (χ1v) is 6.50. The highest BCUT2D eigenvalue weighted by molar-refractivity contribution is 14.1. The van der Waals surface area contributed by atoms with E-state index in [0.29, 0.717) is 5.88 Å². The van der Waals surface area contributed by atoms with Gasteiger partial charge >= 0.3 is 0 Å². The van der Waals surface area contributed by atoms with Crippen LogP contribution in [0.25, 0.3) is 0 Å². The smallest absolute Gasteiger partial charge is 0.213 e. The molecule has 1 aromatic rings. The van der Waals surface area contributed by atoms with Gasteiger partial charge < -0.3 is 4.74 Å². The number of nitriles is 1. The molecule has 0 radical (unpaired) electrons. The van der Waals surface area contributed by atoms with Gasteiger partial charge in [-0.2, -0.15) is 5.26 Å². The normalized spacial score (nSPS) is 19.6. The number of nitrogens with zero attached hydrogens (tertiary/aromatic N) is 3. The first-order valence-electron chi connectivity index (χ1n) is 5.54. The highest BCUT2D eigenvalue weighted by atomic mass is 127. The second-order valence-electron chi connectivity index (χ2n) is 4.17. The lowest BCUT2D eigenvalue weighted by molar-refractivity contribution is 0.304. The molecule has 1 saturated heterocycles. The second-order valence-corrected chi connectivity index (χ2v) is 5.53. The molecule has 17 heavy (non-hydrogen) atoms. The first kappa shape index (κ1) is 12.6. The van der Waals surface area contributed by atoms with Crippen molar-refractivity contribution in [2.45, 2.75) is 18.3 Å². The van der Waals surface area contributed by atoms with Gasteiger partial charge in [-0.15, -0.1) is 0 Å². The number of hydrogen-bond donors (Lipinski definition) is 0. The van der Waals surface area contributed by atoms with E-state index < -0.39 is 5.41 Å². The Morgan fingerprint density at radius 1 is 1.47 bits per heavy atom. The van der Waals surface area contributed by atoms with E-state index in [1.807, 2.05) is 18.2 Å². The number of rotatable bonds is 2. The molecule has 0 aliphatic carbocycles. The second kappa shape index (κ2) is 5.19. The topological polar surface area (TPSA) is 49.1 Å². The number of pyridine rings is 1. The predicted molar refractivity (Wildman–Crippen MR) is 72.9 cm³/mol. The van der Waals surface area contributed by atoms with E-state index in [0.717, 1.165) is 31.6 Å². The minimum Gasteiger partial charge on any atom is -0.481 e. The molecule has 1 aliphatic rings. The molecule has 0 aromatic carbocycles. The van der Waals surface area contributed by atoms with Gasteiger partial charge in [0.15, 0.2) is 0 Å². The molecule has 0 atom stereocenters. The monoisotopic (exact) mass is 343 g/mol. The fraction of sp³-hybridized carbons (Fsp3) is 0.500. The number of aromatic nitrogens is 1. The summed E-state index contributed by atoms with van der Waals surface area (Å²) in [6, 6.07) is 8.09. The highest BCUT2D eigenvalue weighted by Gasteiger charge is 2.37. The molecule has 1 fully saturated rings. The third-order valence-corrected chi connectivity index (χ3v) is 4.16. The molecular formula is C12H14IN3O. The lowest BCUT2D eigenvalue weighted by Crippen LogP contribution is -2.38. The van der Waals surface area contributed by atoms with E-state index in [1.54, 1.807) is 7.11 Å². The molecule has 90 valence electrons. The maximum Gasteiger partial charge on any atom is 0.213 e. The lowest BCUT2D eigenvalue weighted by atomic mass is 9.77. The average Bonchev–Trinajstić information content (AvgIpc) is 2.40. The quantitative estimate of drug-likeness (QED) is 0.611. The molecule has 2 rings (SSSR count). The largest absolute Gasteiger partial charge is 0.481 e. The zero-order chi connectivity index (χ0) is 12.3. The van der Waals surface area contributed by atoms with Crippen LogP contribution >= 0.6 is 22.9 Å². The molecule has 2 heterocycles. The Bertz CT molecular complexity index is 436. The first-order chi connectivity index (χ1) is 8.20. The molecule has 5 heteroatoms. The molecule has 0 unspecified atom stereocenters. The summed E-state index contributed by atoms with van der Waals surface area (Å²) in [4.78, 5) is 4.42. The fourth-order valence-electron chi connectivity index (χ4n) is 2.08. The minimum atomic E-state index is -0.448. The van der Waals surface area contributed by atoms with Crippen molar-refractivity contribution in [2.24, 2.45) is 0 Å². The van der Waals surface area contributed by atoms with Crippen LogP contribution in [0.15, 0.2) is 18.2 Å². The van der Waals surface area contributed by atoms with Crippen LogP contribution < -0.4 is 4.74 Å². The molecule has 0 N–H and O–H groups in total. The molecule has 0 amide bonds. The minimum absolute atomic E-state index is 0.448. The average molecular weight is 343 g/mol. The van der Waals surface area contributed by atoms with E-state index in [4.69, 9.17) is 4.74 Å². The number of hydrogen-bond acceptors (Lipinski definition) is 4. The standard InChI is InChI=1S/C12H14IN3O/c1-17-11-4-2-3-10(15-11)12(9-14)5-7-16(13)8-6-12/h2-4H,5-8H2,1H3. The van der Waals surface area contributed by atoms with Crippen molar-refractivity contribution in [1.29, 1.82) is 5.26 Å². The van der Waals surface area contributed by atoms with E-state index in [-0.39, 0.29) is 0 Å². The molecule has 0 saturated carbocycles. The Labute approximate surface area is 115 Å². The van der Waals surface area contributed by atoms with Crippen LogP contribution in [-0.4, -0.2) is 28.3 Å². The summed E-state index contributed by atoms with van der Waals surface area (Å²) in [5.41, 5.74) is 0.389. The van der Waals surface area contributed by atoms with Crippen molar-refractivity contribution in [2.75, 3.05) is 20.2 Å². The number of piperidine rings is 1. The summed E-state index contributed by atoms with van der Waals surface area (Å²) in [6.45, 7) is 1.85. The van der Waals surface area contributed by atoms with Crippen LogP contribution in [-0.2, 0) is 5.41 Å². The van der Waals surface area contributed by atoms with Crippen LogP contribution in [0.3, 0.4) is 0 Å². The number of ether oxygens (including phenoxy) is 1. The lowest BCUT2D eigenvalue weighted by Gasteiger charge is -2.33. The molecule has 4 nitrogen and oxygen atoms in total. The van der Waals surface area contributed by atoms with Crippen molar-refractivity contribution in [3.63, 3.8) is 0 Å². The zero-order valence-corrected chi connectivity index (χ0v) is 11.8. The van der Waals surface area contributed by atoms with Gasteiger partial charge in [0.1, 0.15) is 5.41 Å². The van der Waals surface area contributed by atoms with Crippen molar-refractivity contribution in [3.05, 3.63) is 23.9 Å². The van der Waals surface area contributed by atoms with E-state index >= 15 is 0 Å². The van der Waals surface area contributed by atoms with Crippen molar-refractivity contribution in [1.82, 2.24) is 8.10 Å². The van der Waals surface area contributed by atoms with E-state index in [2.05, 4.69) is 37.0 Å². The number of halogens is 1. The third kappa shape index (κ3) is 2.53. The Balaban J connectivity index is 2.32. The maximum absolute atomic E-state index is 9.49. The molecule has 1 aliphatic heterocycles. The van der Waals surface area contributed by atoms with Crippen LogP contribution in [0.2, 0.25) is 0 Å². The van der Waals surface area contributed by atoms with Gasteiger partial charge in [0.25, 0.3) is 0 Å². The molecule has 0 spiro atoms. The summed E-state index contributed by atoms with van der Waals surface area (Å²) in [5, 5.41) is 9.49. The Hall–Kier alpha value is -0.870. The fourth-order valence-corrected chi connectivity index (χ4v) is 2.56. The van der Waals surface area contributed by atoms with Gasteiger partial charge in [0, 0.05) is 42.0 Å². The third-order valence-electron chi connectivity index (χ3n) is 3.20. The Morgan fingerprint density at radius 2 is 2.18 bits per heavy atom. The van der Waals surface area contributed by atoms with Gasteiger partial charge in [-0.25, -0.2) is 8.10 Å². The Kier molecular flexibility index (Phi) is 3.84. The number of methoxy groups -OCH3 is 1. The van der Waals surface area contributed by atoms with Gasteiger partial charge in [-0.05, 0) is 18.9 Å². The van der Waals surface area contributed by atoms with Gasteiger partial charge in [0.2, 0.25) is 5.88 Å². The van der Waals surface area contributed by atoms with Gasteiger partial charge in [0.05, 0.1) is 18.9 Å². The SMILES string of the molecule is COc1cccc(C2(C#N)CCN(I)CC2)n1. The van der Waals surface area contributed by atoms with Crippen molar-refractivity contribution in [3.8, 4) is 11.9 Å². The molecule has 1 aromatic heterocycles. The predicted octanol–water partition coefficient (Wildman–Crippen LogP) is 2.30. The van der Waals surface area contributed by atoms with Gasteiger partial charge in [-0.3, -0.25) is 0 Å². The highest BCUT2D eigenvalue weighted by Crippen LogP contribution is 2.35. The van der Waals surface area contributed by atoms with Gasteiger partial charge in [-0.1, -0.05) is 6.07 Å². The summed E-state index contributed by atoms with van der Waals surface area (Å²) in [6.07, 6.45) is 1.65. The van der Waals surface area contributed by atoms with Crippen LogP contribution in [0.4, 0.5) is 0 Å². The van der Waals surface area contributed by atoms with Crippen LogP contribution in [0.1, 0.15) is 18.5 Å². The van der Waals surface area contributed by atoms with E-state index in [1.165, 1.54) is 0 Å². The van der Waals surface area contributed by atoms with E-state index in [9.17, 15) is 5.26 Å². The summed E-state index contributed by atoms with van der Waals surface area (Å²) in [7, 11) is 1.60. The van der Waals surface area contributed by atoms with Crippen molar-refractivity contribution < 1.29 is 4.74 Å². The zero-order valence-electron chi connectivity index (χ0n) is 9.69.